The second kappa shape index (κ2) is 8.71. The van der Waals surface area contributed by atoms with E-state index in [1.807, 2.05) is 18.3 Å². The zero-order chi connectivity index (χ0) is 15.4. The number of aliphatic hydroxyl groups is 1. The van der Waals surface area contributed by atoms with Crippen molar-refractivity contribution >= 4 is 18.3 Å². The van der Waals surface area contributed by atoms with Gasteiger partial charge in [0, 0.05) is 18.8 Å². The van der Waals surface area contributed by atoms with Gasteiger partial charge in [-0.15, -0.1) is 12.4 Å². The molecule has 1 saturated heterocycles. The van der Waals surface area contributed by atoms with Crippen LogP contribution in [0.2, 0.25) is 0 Å². The van der Waals surface area contributed by atoms with Crippen LogP contribution in [0.15, 0.2) is 18.3 Å². The molecule has 0 radical (unpaired) electrons. The van der Waals surface area contributed by atoms with E-state index in [0.29, 0.717) is 24.2 Å². The van der Waals surface area contributed by atoms with Crippen LogP contribution in [0.25, 0.3) is 0 Å². The molecule has 1 aromatic heterocycles. The smallest absolute Gasteiger partial charge is 0.268 e. The van der Waals surface area contributed by atoms with Crippen molar-refractivity contribution in [2.75, 3.05) is 19.6 Å². The quantitative estimate of drug-likeness (QED) is 0.768. The van der Waals surface area contributed by atoms with Crippen molar-refractivity contribution in [2.24, 2.45) is 5.92 Å². The summed E-state index contributed by atoms with van der Waals surface area (Å²) in [5, 5.41) is 16.4. The Morgan fingerprint density at radius 3 is 2.70 bits per heavy atom. The van der Waals surface area contributed by atoms with Crippen LogP contribution in [0.3, 0.4) is 0 Å². The average molecular weight is 342 g/mol. The molecule has 2 heterocycles. The normalized spacial score (nSPS) is 20.9. The number of halogens is 1. The number of nitrogens with zero attached hydrogens (tertiary/aromatic N) is 1. The zero-order valence-corrected chi connectivity index (χ0v) is 14.4. The summed E-state index contributed by atoms with van der Waals surface area (Å²) in [6, 6.07) is 4.21. The predicted octanol–water partition coefficient (Wildman–Crippen LogP) is 2.12. The number of aliphatic hydroxyl groups excluding tert-OH is 1. The van der Waals surface area contributed by atoms with Gasteiger partial charge in [-0.1, -0.05) is 12.8 Å². The summed E-state index contributed by atoms with van der Waals surface area (Å²) in [4.78, 5) is 12.4. The zero-order valence-electron chi connectivity index (χ0n) is 13.5. The van der Waals surface area contributed by atoms with Crippen molar-refractivity contribution in [3.8, 4) is 0 Å². The molecule has 1 atom stereocenters. The highest BCUT2D eigenvalue weighted by Gasteiger charge is 2.24. The average Bonchev–Trinajstić information content (AvgIpc) is 3.24. The van der Waals surface area contributed by atoms with Crippen LogP contribution in [-0.2, 0) is 0 Å². The van der Waals surface area contributed by atoms with Gasteiger partial charge in [0.2, 0.25) is 0 Å². The monoisotopic (exact) mass is 341 g/mol. The Morgan fingerprint density at radius 2 is 2.00 bits per heavy atom. The van der Waals surface area contributed by atoms with Crippen LogP contribution in [0.1, 0.15) is 55.1 Å². The number of aromatic nitrogens is 1. The van der Waals surface area contributed by atoms with Gasteiger partial charge in [0.15, 0.2) is 0 Å². The van der Waals surface area contributed by atoms with E-state index in [0.717, 1.165) is 38.8 Å². The molecule has 1 amide bonds. The van der Waals surface area contributed by atoms with Gasteiger partial charge in [0.1, 0.15) is 5.69 Å². The Bertz CT molecular complexity index is 494. The molecule has 1 aliphatic heterocycles. The molecule has 6 heteroatoms. The van der Waals surface area contributed by atoms with Gasteiger partial charge in [0.05, 0.1) is 6.10 Å². The summed E-state index contributed by atoms with van der Waals surface area (Å²) in [7, 11) is 0. The first kappa shape index (κ1) is 18.3. The Labute approximate surface area is 144 Å². The van der Waals surface area contributed by atoms with Crippen LogP contribution >= 0.6 is 12.4 Å². The van der Waals surface area contributed by atoms with Crippen molar-refractivity contribution in [1.82, 2.24) is 15.2 Å². The molecule has 1 aromatic rings. The second-order valence-corrected chi connectivity index (χ2v) is 6.60. The minimum absolute atomic E-state index is 0. The van der Waals surface area contributed by atoms with Gasteiger partial charge in [0.25, 0.3) is 5.91 Å². The summed E-state index contributed by atoms with van der Waals surface area (Å²) in [5.74, 6) is 0.289. The lowest BCUT2D eigenvalue weighted by atomic mass is 10.0. The first-order valence-electron chi connectivity index (χ1n) is 8.59. The summed E-state index contributed by atoms with van der Waals surface area (Å²) < 4.78 is 2.10. The Morgan fingerprint density at radius 1 is 1.30 bits per heavy atom. The lowest BCUT2D eigenvalue weighted by molar-refractivity contribution is 0.0830. The van der Waals surface area contributed by atoms with E-state index in [2.05, 4.69) is 15.2 Å². The highest BCUT2D eigenvalue weighted by atomic mass is 35.5. The highest BCUT2D eigenvalue weighted by molar-refractivity contribution is 5.92. The summed E-state index contributed by atoms with van der Waals surface area (Å²) in [5.41, 5.74) is 0.713. The van der Waals surface area contributed by atoms with Gasteiger partial charge in [-0.2, -0.15) is 0 Å². The van der Waals surface area contributed by atoms with Crippen LogP contribution in [0, 0.1) is 5.92 Å². The SMILES string of the molecule is Cl.O=C(NCC(O)C1CCCC1)c1cccn1C1CCNCC1. The van der Waals surface area contributed by atoms with E-state index < -0.39 is 6.10 Å². The maximum Gasteiger partial charge on any atom is 0.268 e. The topological polar surface area (TPSA) is 66.3 Å². The Balaban J connectivity index is 0.00000192. The van der Waals surface area contributed by atoms with E-state index in [9.17, 15) is 9.90 Å². The summed E-state index contributed by atoms with van der Waals surface area (Å²) in [6.07, 6.45) is 8.28. The number of hydrogen-bond acceptors (Lipinski definition) is 3. The molecule has 1 aliphatic carbocycles. The third-order valence-electron chi connectivity index (χ3n) is 5.13. The van der Waals surface area contributed by atoms with Crippen LogP contribution < -0.4 is 10.6 Å². The van der Waals surface area contributed by atoms with Gasteiger partial charge in [-0.3, -0.25) is 4.79 Å². The maximum atomic E-state index is 12.4. The number of nitrogens with one attached hydrogen (secondary N) is 2. The molecular weight excluding hydrogens is 314 g/mol. The molecule has 3 rings (SSSR count). The van der Waals surface area contributed by atoms with Crippen LogP contribution in [0.5, 0.6) is 0 Å². The minimum atomic E-state index is -0.409. The molecule has 3 N–H and O–H groups in total. The lowest BCUT2D eigenvalue weighted by Crippen LogP contribution is -2.37. The first-order valence-corrected chi connectivity index (χ1v) is 8.59. The van der Waals surface area contributed by atoms with E-state index in [-0.39, 0.29) is 18.3 Å². The van der Waals surface area contributed by atoms with E-state index >= 15 is 0 Å². The Hall–Kier alpha value is -1.04. The molecule has 1 unspecified atom stereocenters. The largest absolute Gasteiger partial charge is 0.391 e. The lowest BCUT2D eigenvalue weighted by Gasteiger charge is -2.26. The predicted molar refractivity (Wildman–Crippen MR) is 93.1 cm³/mol. The van der Waals surface area contributed by atoms with Gasteiger partial charge in [-0.05, 0) is 56.8 Å². The van der Waals surface area contributed by atoms with Crippen molar-refractivity contribution in [1.29, 1.82) is 0 Å². The molecule has 2 fully saturated rings. The van der Waals surface area contributed by atoms with E-state index in [1.165, 1.54) is 12.8 Å². The van der Waals surface area contributed by atoms with Crippen LogP contribution in [0.4, 0.5) is 0 Å². The maximum absolute atomic E-state index is 12.4. The summed E-state index contributed by atoms with van der Waals surface area (Å²) in [6.45, 7) is 2.37. The molecule has 2 aliphatic rings. The molecule has 5 nitrogen and oxygen atoms in total. The van der Waals surface area contributed by atoms with Crippen molar-refractivity contribution < 1.29 is 9.90 Å². The van der Waals surface area contributed by atoms with Gasteiger partial charge >= 0.3 is 0 Å². The number of carbonyl (C=O) groups is 1. The van der Waals surface area contributed by atoms with E-state index in [4.69, 9.17) is 0 Å². The fourth-order valence-corrected chi connectivity index (χ4v) is 3.79. The molecule has 23 heavy (non-hydrogen) atoms. The molecule has 130 valence electrons. The molecule has 0 spiro atoms. The number of carbonyl (C=O) groups excluding carboxylic acids is 1. The Kier molecular flexibility index (Phi) is 6.93. The summed E-state index contributed by atoms with van der Waals surface area (Å²) >= 11 is 0. The standard InChI is InChI=1S/C17H27N3O2.ClH/c21-16(13-4-1-2-5-13)12-19-17(22)15-6-3-11-20(15)14-7-9-18-10-8-14;/h3,6,11,13-14,16,18,21H,1-2,4-5,7-10,12H2,(H,19,22);1H. The molecular formula is C17H28ClN3O2. The molecule has 1 saturated carbocycles. The second-order valence-electron chi connectivity index (χ2n) is 6.60. The first-order chi connectivity index (χ1) is 10.8. The minimum Gasteiger partial charge on any atom is -0.391 e. The van der Waals surface area contributed by atoms with Crippen molar-refractivity contribution in [2.45, 2.75) is 50.7 Å². The highest BCUT2D eigenvalue weighted by Crippen LogP contribution is 2.27. The molecule has 0 aromatic carbocycles. The van der Waals surface area contributed by atoms with Crippen molar-refractivity contribution in [3.63, 3.8) is 0 Å². The fraction of sp³-hybridized carbons (Fsp3) is 0.706. The number of rotatable bonds is 5. The third-order valence-corrected chi connectivity index (χ3v) is 5.13. The fourth-order valence-electron chi connectivity index (χ4n) is 3.79. The third kappa shape index (κ3) is 4.49. The van der Waals surface area contributed by atoms with Crippen molar-refractivity contribution in [3.05, 3.63) is 24.0 Å². The van der Waals surface area contributed by atoms with E-state index in [1.54, 1.807) is 0 Å². The number of amides is 1. The molecule has 0 bridgehead atoms. The van der Waals surface area contributed by atoms with Gasteiger partial charge < -0.3 is 20.3 Å². The number of hydrogen-bond donors (Lipinski definition) is 3. The number of piperidine rings is 1. The van der Waals surface area contributed by atoms with Crippen LogP contribution in [-0.4, -0.2) is 41.3 Å². The van der Waals surface area contributed by atoms with Gasteiger partial charge in [-0.25, -0.2) is 0 Å².